The summed E-state index contributed by atoms with van der Waals surface area (Å²) >= 11 is 0. The quantitative estimate of drug-likeness (QED) is 0.524. The van der Waals surface area contributed by atoms with E-state index >= 15 is 0 Å². The highest BCUT2D eigenvalue weighted by Gasteiger charge is 2.35. The summed E-state index contributed by atoms with van der Waals surface area (Å²) in [4.78, 5) is 16.4. The van der Waals surface area contributed by atoms with Crippen LogP contribution in [0.2, 0.25) is 0 Å². The molecule has 0 aliphatic carbocycles. The number of carbonyl (C=O) groups excluding carboxylic acids is 1. The van der Waals surface area contributed by atoms with E-state index in [1.807, 2.05) is 13.8 Å². The molecule has 0 amide bonds. The summed E-state index contributed by atoms with van der Waals surface area (Å²) in [7, 11) is 0. The summed E-state index contributed by atoms with van der Waals surface area (Å²) < 4.78 is 54.9. The standard InChI is InChI=1S/C21H22F4N4O/c1-12(2)20-15(10-26-29(20)17-7-5-16(22)6-8-17)9-18(30)13(3)28-11-19(21(23,24)25)27-14(28)4/h5-8,10-13H,9H2,1-4H3/t13-/m0/s1. The van der Waals surface area contributed by atoms with E-state index in [0.29, 0.717) is 11.3 Å². The molecule has 1 atom stereocenters. The fourth-order valence-electron chi connectivity index (χ4n) is 3.44. The van der Waals surface area contributed by atoms with Gasteiger partial charge >= 0.3 is 6.18 Å². The van der Waals surface area contributed by atoms with Crippen molar-refractivity contribution in [1.82, 2.24) is 19.3 Å². The largest absolute Gasteiger partial charge is 0.434 e. The van der Waals surface area contributed by atoms with Crippen LogP contribution in [-0.2, 0) is 17.4 Å². The molecule has 30 heavy (non-hydrogen) atoms. The number of hydrogen-bond donors (Lipinski definition) is 0. The number of aromatic nitrogens is 4. The molecule has 0 fully saturated rings. The number of benzene rings is 1. The van der Waals surface area contributed by atoms with Crippen molar-refractivity contribution < 1.29 is 22.4 Å². The average Bonchev–Trinajstić information content (AvgIpc) is 3.25. The van der Waals surface area contributed by atoms with Gasteiger partial charge in [-0.2, -0.15) is 18.3 Å². The fraction of sp³-hybridized carbons (Fsp3) is 0.381. The number of halogens is 4. The number of hydrogen-bond acceptors (Lipinski definition) is 3. The van der Waals surface area contributed by atoms with Crippen LogP contribution in [-0.4, -0.2) is 25.1 Å². The van der Waals surface area contributed by atoms with Gasteiger partial charge in [0.2, 0.25) is 0 Å². The van der Waals surface area contributed by atoms with Gasteiger partial charge in [0, 0.05) is 18.2 Å². The van der Waals surface area contributed by atoms with E-state index in [4.69, 9.17) is 0 Å². The zero-order valence-corrected chi connectivity index (χ0v) is 17.0. The summed E-state index contributed by atoms with van der Waals surface area (Å²) in [6.45, 7) is 6.88. The molecule has 0 unspecified atom stereocenters. The molecule has 0 N–H and O–H groups in total. The number of nitrogens with zero attached hydrogens (tertiary/aromatic N) is 4. The summed E-state index contributed by atoms with van der Waals surface area (Å²) in [5.74, 6) is -0.489. The van der Waals surface area contributed by atoms with Crippen LogP contribution in [0.4, 0.5) is 17.6 Å². The second kappa shape index (κ2) is 8.04. The van der Waals surface area contributed by atoms with Gasteiger partial charge in [-0.1, -0.05) is 13.8 Å². The third-order valence-corrected chi connectivity index (χ3v) is 4.96. The molecule has 0 aliphatic rings. The Labute approximate surface area is 171 Å². The molecule has 0 radical (unpaired) electrons. The molecule has 0 saturated heterocycles. The van der Waals surface area contributed by atoms with Crippen LogP contribution in [0.5, 0.6) is 0 Å². The molecule has 2 aromatic heterocycles. The van der Waals surface area contributed by atoms with Crippen molar-refractivity contribution in [3.8, 4) is 5.69 Å². The number of carbonyl (C=O) groups is 1. The zero-order chi connectivity index (χ0) is 22.2. The number of aryl methyl sites for hydroxylation is 1. The highest BCUT2D eigenvalue weighted by atomic mass is 19.4. The Kier molecular flexibility index (Phi) is 5.83. The smallest absolute Gasteiger partial charge is 0.324 e. The fourth-order valence-corrected chi connectivity index (χ4v) is 3.44. The monoisotopic (exact) mass is 422 g/mol. The van der Waals surface area contributed by atoms with E-state index in [1.54, 1.807) is 29.9 Å². The third kappa shape index (κ3) is 4.29. The lowest BCUT2D eigenvalue weighted by atomic mass is 9.99. The van der Waals surface area contributed by atoms with E-state index < -0.39 is 17.9 Å². The predicted octanol–water partition coefficient (Wildman–Crippen LogP) is 5.03. The van der Waals surface area contributed by atoms with Gasteiger partial charge in [0.1, 0.15) is 11.6 Å². The van der Waals surface area contributed by atoms with Gasteiger partial charge in [-0.05, 0) is 44.0 Å². The Morgan fingerprint density at radius 2 is 1.77 bits per heavy atom. The molecule has 5 nitrogen and oxygen atoms in total. The maximum absolute atomic E-state index is 13.2. The molecule has 160 valence electrons. The minimum atomic E-state index is -4.57. The number of Topliss-reactive ketones (excluding diaryl/α,β-unsaturated/α-hetero) is 1. The first-order valence-corrected chi connectivity index (χ1v) is 9.47. The van der Waals surface area contributed by atoms with E-state index in [1.165, 1.54) is 23.6 Å². The molecule has 0 aliphatic heterocycles. The molecule has 0 saturated carbocycles. The highest BCUT2D eigenvalue weighted by molar-refractivity contribution is 5.84. The van der Waals surface area contributed by atoms with E-state index in [2.05, 4.69) is 10.1 Å². The molecule has 9 heteroatoms. The molecule has 1 aromatic carbocycles. The highest BCUT2D eigenvalue weighted by Crippen LogP contribution is 2.30. The SMILES string of the molecule is Cc1nc(C(F)(F)F)cn1[C@@H](C)C(=O)Cc1cnn(-c2ccc(F)cc2)c1C(C)C. The second-order valence-electron chi connectivity index (χ2n) is 7.50. The van der Waals surface area contributed by atoms with Gasteiger partial charge in [-0.3, -0.25) is 4.79 Å². The Bertz CT molecular complexity index is 1050. The molecular formula is C21H22F4N4O. The first kappa shape index (κ1) is 21.7. The van der Waals surface area contributed by atoms with Crippen LogP contribution in [0, 0.1) is 12.7 Å². The van der Waals surface area contributed by atoms with Crippen molar-refractivity contribution in [2.75, 3.05) is 0 Å². The third-order valence-electron chi connectivity index (χ3n) is 4.96. The Morgan fingerprint density at radius 1 is 1.13 bits per heavy atom. The topological polar surface area (TPSA) is 52.7 Å². The van der Waals surface area contributed by atoms with Crippen molar-refractivity contribution >= 4 is 5.78 Å². The van der Waals surface area contributed by atoms with Crippen LogP contribution >= 0.6 is 0 Å². The maximum atomic E-state index is 13.2. The van der Waals surface area contributed by atoms with Crippen molar-refractivity contribution in [2.24, 2.45) is 0 Å². The van der Waals surface area contributed by atoms with Crippen molar-refractivity contribution in [1.29, 1.82) is 0 Å². The number of ketones is 1. The predicted molar refractivity (Wildman–Crippen MR) is 103 cm³/mol. The van der Waals surface area contributed by atoms with Gasteiger partial charge in [-0.15, -0.1) is 0 Å². The van der Waals surface area contributed by atoms with E-state index in [-0.39, 0.29) is 29.8 Å². The number of rotatable bonds is 6. The zero-order valence-electron chi connectivity index (χ0n) is 17.0. The van der Waals surface area contributed by atoms with Gasteiger partial charge in [-0.25, -0.2) is 14.1 Å². The molecule has 3 rings (SSSR count). The number of alkyl halides is 3. The Morgan fingerprint density at radius 3 is 2.30 bits per heavy atom. The lowest BCUT2D eigenvalue weighted by Gasteiger charge is -2.16. The average molecular weight is 422 g/mol. The van der Waals surface area contributed by atoms with Crippen LogP contribution in [0.3, 0.4) is 0 Å². The van der Waals surface area contributed by atoms with E-state index in [0.717, 1.165) is 11.9 Å². The maximum Gasteiger partial charge on any atom is 0.434 e. The van der Waals surface area contributed by atoms with Crippen LogP contribution in [0.1, 0.15) is 55.5 Å². The molecule has 0 bridgehead atoms. The lowest BCUT2D eigenvalue weighted by Crippen LogP contribution is -2.20. The molecule has 2 heterocycles. The normalized spacial score (nSPS) is 13.1. The summed E-state index contributed by atoms with van der Waals surface area (Å²) in [5, 5.41) is 4.35. The summed E-state index contributed by atoms with van der Waals surface area (Å²) in [5.41, 5.74) is 1.11. The van der Waals surface area contributed by atoms with Gasteiger partial charge in [0.15, 0.2) is 11.5 Å². The van der Waals surface area contributed by atoms with Crippen molar-refractivity contribution in [3.05, 3.63) is 65.3 Å². The first-order chi connectivity index (χ1) is 14.0. The summed E-state index contributed by atoms with van der Waals surface area (Å²) in [6.07, 6.45) is -2.12. The first-order valence-electron chi connectivity index (χ1n) is 9.47. The lowest BCUT2D eigenvalue weighted by molar-refractivity contribution is -0.141. The van der Waals surface area contributed by atoms with Crippen molar-refractivity contribution in [3.63, 3.8) is 0 Å². The van der Waals surface area contributed by atoms with Crippen LogP contribution in [0.15, 0.2) is 36.7 Å². The van der Waals surface area contributed by atoms with E-state index in [9.17, 15) is 22.4 Å². The second-order valence-corrected chi connectivity index (χ2v) is 7.50. The van der Waals surface area contributed by atoms with Gasteiger partial charge < -0.3 is 4.57 Å². The van der Waals surface area contributed by atoms with Crippen molar-refractivity contribution in [2.45, 2.75) is 52.3 Å². The Balaban J connectivity index is 1.88. The minimum absolute atomic E-state index is 0.00878. The minimum Gasteiger partial charge on any atom is -0.324 e. The van der Waals surface area contributed by atoms with Crippen LogP contribution < -0.4 is 0 Å². The molecule has 3 aromatic rings. The molecular weight excluding hydrogens is 400 g/mol. The number of imidazole rings is 1. The Hall–Kier alpha value is -2.97. The van der Waals surface area contributed by atoms with Gasteiger partial charge in [0.25, 0.3) is 0 Å². The van der Waals surface area contributed by atoms with Gasteiger partial charge in [0.05, 0.1) is 23.6 Å². The summed E-state index contributed by atoms with van der Waals surface area (Å²) in [6, 6.07) is 5.02. The molecule has 0 spiro atoms. The van der Waals surface area contributed by atoms with Crippen LogP contribution in [0.25, 0.3) is 5.69 Å².